The molecule has 1 heterocycles. The van der Waals surface area contributed by atoms with Gasteiger partial charge in [0.1, 0.15) is 5.82 Å². The third-order valence-electron chi connectivity index (χ3n) is 4.11. The number of hydrogen-bond donors (Lipinski definition) is 1. The first kappa shape index (κ1) is 14.3. The lowest BCUT2D eigenvalue weighted by Gasteiger charge is -2.33. The minimum Gasteiger partial charge on any atom is -0.389 e. The van der Waals surface area contributed by atoms with E-state index in [-0.39, 0.29) is 5.82 Å². The smallest absolute Gasteiger partial charge is 0.131 e. The van der Waals surface area contributed by atoms with Gasteiger partial charge in [-0.1, -0.05) is 25.8 Å². The van der Waals surface area contributed by atoms with Crippen molar-refractivity contribution in [3.8, 4) is 0 Å². The number of anilines is 1. The molecule has 0 aliphatic carbocycles. The average Bonchev–Trinajstić information content (AvgIpc) is 2.62. The number of aliphatic hydroxyl groups is 1. The van der Waals surface area contributed by atoms with Gasteiger partial charge < -0.3 is 10.0 Å². The van der Waals surface area contributed by atoms with E-state index in [1.165, 1.54) is 18.9 Å². The molecule has 2 rings (SSSR count). The molecule has 1 aliphatic heterocycles. The monoisotopic (exact) mass is 265 g/mol. The Morgan fingerprint density at radius 1 is 1.37 bits per heavy atom. The lowest BCUT2D eigenvalue weighted by atomic mass is 10.0. The first-order chi connectivity index (χ1) is 9.15. The van der Waals surface area contributed by atoms with Crippen LogP contribution in [-0.4, -0.2) is 17.7 Å². The van der Waals surface area contributed by atoms with Crippen molar-refractivity contribution in [2.45, 2.75) is 58.1 Å². The standard InChI is InChI=1S/C16H24FNO/c1-3-13-8-5-4-6-11-18(13)15-10-7-9-14(17)16(15)12(2)19/h7,9-10,12-13,19H,3-6,8,11H2,1-2H3. The van der Waals surface area contributed by atoms with Gasteiger partial charge in [0.2, 0.25) is 0 Å². The molecule has 106 valence electrons. The molecule has 1 aliphatic rings. The minimum atomic E-state index is -0.767. The summed E-state index contributed by atoms with van der Waals surface area (Å²) in [6.45, 7) is 4.78. The highest BCUT2D eigenvalue weighted by atomic mass is 19.1. The van der Waals surface area contributed by atoms with E-state index in [1.807, 2.05) is 6.07 Å². The number of nitrogens with zero attached hydrogens (tertiary/aromatic N) is 1. The first-order valence-electron chi connectivity index (χ1n) is 7.38. The summed E-state index contributed by atoms with van der Waals surface area (Å²) in [5.41, 5.74) is 1.33. The summed E-state index contributed by atoms with van der Waals surface area (Å²) < 4.78 is 14.0. The van der Waals surface area contributed by atoms with Gasteiger partial charge in [-0.3, -0.25) is 0 Å². The van der Waals surface area contributed by atoms with Gasteiger partial charge in [0, 0.05) is 23.8 Å². The predicted molar refractivity (Wildman–Crippen MR) is 76.9 cm³/mol. The summed E-state index contributed by atoms with van der Waals surface area (Å²) in [7, 11) is 0. The second-order valence-corrected chi connectivity index (χ2v) is 5.45. The van der Waals surface area contributed by atoms with Crippen LogP contribution in [0, 0.1) is 5.82 Å². The largest absolute Gasteiger partial charge is 0.389 e. The van der Waals surface area contributed by atoms with E-state index in [9.17, 15) is 9.50 Å². The molecule has 19 heavy (non-hydrogen) atoms. The number of hydrogen-bond acceptors (Lipinski definition) is 2. The van der Waals surface area contributed by atoms with Crippen LogP contribution in [0.15, 0.2) is 18.2 Å². The highest BCUT2D eigenvalue weighted by molar-refractivity contribution is 5.56. The molecule has 2 nitrogen and oxygen atoms in total. The van der Waals surface area contributed by atoms with Crippen molar-refractivity contribution in [1.82, 2.24) is 0 Å². The molecule has 0 bridgehead atoms. The SMILES string of the molecule is CCC1CCCCCN1c1cccc(F)c1C(C)O. The fourth-order valence-electron chi connectivity index (χ4n) is 3.11. The highest BCUT2D eigenvalue weighted by Gasteiger charge is 2.24. The quantitative estimate of drug-likeness (QED) is 0.891. The van der Waals surface area contributed by atoms with Crippen molar-refractivity contribution in [1.29, 1.82) is 0 Å². The minimum absolute atomic E-state index is 0.299. The second-order valence-electron chi connectivity index (χ2n) is 5.45. The van der Waals surface area contributed by atoms with E-state index >= 15 is 0 Å². The number of halogens is 1. The van der Waals surface area contributed by atoms with Crippen LogP contribution in [0.5, 0.6) is 0 Å². The lowest BCUT2D eigenvalue weighted by molar-refractivity contribution is 0.194. The third kappa shape index (κ3) is 3.08. The second kappa shape index (κ2) is 6.38. The van der Waals surface area contributed by atoms with Gasteiger partial charge in [-0.2, -0.15) is 0 Å². The summed E-state index contributed by atoms with van der Waals surface area (Å²) in [4.78, 5) is 2.30. The van der Waals surface area contributed by atoms with Crippen molar-refractivity contribution in [3.63, 3.8) is 0 Å². The summed E-state index contributed by atoms with van der Waals surface area (Å²) in [5, 5.41) is 9.88. The molecule has 1 aromatic rings. The summed E-state index contributed by atoms with van der Waals surface area (Å²) in [6, 6.07) is 5.58. The molecule has 2 unspecified atom stereocenters. The zero-order valence-corrected chi connectivity index (χ0v) is 11.9. The van der Waals surface area contributed by atoms with Crippen LogP contribution in [0.2, 0.25) is 0 Å². The number of rotatable bonds is 3. The number of benzene rings is 1. The molecule has 0 saturated carbocycles. The van der Waals surface area contributed by atoms with Gasteiger partial charge in [-0.15, -0.1) is 0 Å². The van der Waals surface area contributed by atoms with Gasteiger partial charge in [0.05, 0.1) is 6.10 Å². The van der Waals surface area contributed by atoms with Crippen molar-refractivity contribution in [3.05, 3.63) is 29.6 Å². The highest BCUT2D eigenvalue weighted by Crippen LogP contribution is 2.33. The zero-order valence-electron chi connectivity index (χ0n) is 11.9. The molecular weight excluding hydrogens is 241 g/mol. The van der Waals surface area contributed by atoms with Crippen LogP contribution >= 0.6 is 0 Å². The molecule has 1 saturated heterocycles. The molecule has 1 N–H and O–H groups in total. The molecule has 0 aromatic heterocycles. The zero-order chi connectivity index (χ0) is 13.8. The van der Waals surface area contributed by atoms with E-state index in [0.717, 1.165) is 31.5 Å². The number of aliphatic hydroxyl groups excluding tert-OH is 1. The Kier molecular flexibility index (Phi) is 4.81. The summed E-state index contributed by atoms with van der Waals surface area (Å²) >= 11 is 0. The van der Waals surface area contributed by atoms with Crippen LogP contribution in [0.1, 0.15) is 57.6 Å². The van der Waals surface area contributed by atoms with Crippen LogP contribution in [0.25, 0.3) is 0 Å². The van der Waals surface area contributed by atoms with Gasteiger partial charge in [0.15, 0.2) is 0 Å². The Bertz CT molecular complexity index is 419. The Hall–Kier alpha value is -1.09. The van der Waals surface area contributed by atoms with Crippen LogP contribution in [-0.2, 0) is 0 Å². The van der Waals surface area contributed by atoms with E-state index in [2.05, 4.69) is 11.8 Å². The molecule has 1 fully saturated rings. The molecule has 0 radical (unpaired) electrons. The average molecular weight is 265 g/mol. The van der Waals surface area contributed by atoms with E-state index in [1.54, 1.807) is 13.0 Å². The maximum atomic E-state index is 14.0. The Labute approximate surface area is 115 Å². The maximum Gasteiger partial charge on any atom is 0.131 e. The molecule has 3 heteroatoms. The normalized spacial score (nSPS) is 22.1. The van der Waals surface area contributed by atoms with Crippen LogP contribution < -0.4 is 4.90 Å². The van der Waals surface area contributed by atoms with Crippen molar-refractivity contribution in [2.24, 2.45) is 0 Å². The molecule has 1 aromatic carbocycles. The Morgan fingerprint density at radius 2 is 2.16 bits per heavy atom. The van der Waals surface area contributed by atoms with Gasteiger partial charge in [0.25, 0.3) is 0 Å². The Morgan fingerprint density at radius 3 is 2.84 bits per heavy atom. The van der Waals surface area contributed by atoms with Crippen LogP contribution in [0.4, 0.5) is 10.1 Å². The van der Waals surface area contributed by atoms with Crippen LogP contribution in [0.3, 0.4) is 0 Å². The maximum absolute atomic E-state index is 14.0. The summed E-state index contributed by atoms with van der Waals surface area (Å²) in [6.07, 6.45) is 5.09. The van der Waals surface area contributed by atoms with Gasteiger partial charge in [-0.25, -0.2) is 4.39 Å². The van der Waals surface area contributed by atoms with E-state index in [0.29, 0.717) is 11.6 Å². The third-order valence-corrected chi connectivity index (χ3v) is 4.11. The first-order valence-corrected chi connectivity index (χ1v) is 7.38. The molecular formula is C16H24FNO. The lowest BCUT2D eigenvalue weighted by Crippen LogP contribution is -2.35. The predicted octanol–water partition coefficient (Wildman–Crippen LogP) is 4.04. The molecule has 0 spiro atoms. The van der Waals surface area contributed by atoms with Crippen molar-refractivity contribution < 1.29 is 9.50 Å². The molecule has 0 amide bonds. The van der Waals surface area contributed by atoms with E-state index < -0.39 is 6.10 Å². The molecule has 2 atom stereocenters. The fourth-order valence-corrected chi connectivity index (χ4v) is 3.11. The summed E-state index contributed by atoms with van der Waals surface area (Å²) in [5.74, 6) is -0.299. The Balaban J connectivity index is 2.40. The van der Waals surface area contributed by atoms with E-state index in [4.69, 9.17) is 0 Å². The topological polar surface area (TPSA) is 23.5 Å². The van der Waals surface area contributed by atoms with Crippen molar-refractivity contribution in [2.75, 3.05) is 11.4 Å². The van der Waals surface area contributed by atoms with Gasteiger partial charge >= 0.3 is 0 Å². The van der Waals surface area contributed by atoms with Crippen molar-refractivity contribution >= 4 is 5.69 Å². The fraction of sp³-hybridized carbons (Fsp3) is 0.625. The van der Waals surface area contributed by atoms with Gasteiger partial charge in [-0.05, 0) is 38.3 Å².